The zero-order valence-corrected chi connectivity index (χ0v) is 9.58. The Morgan fingerprint density at radius 2 is 1.87 bits per heavy atom. The lowest BCUT2D eigenvalue weighted by Gasteiger charge is -2.18. The first-order chi connectivity index (χ1) is 6.72. The second kappa shape index (κ2) is 5.09. The van der Waals surface area contributed by atoms with Crippen molar-refractivity contribution in [2.24, 2.45) is 5.92 Å². The first-order valence-corrected chi connectivity index (χ1v) is 5.90. The normalized spacial score (nSPS) is 15.7. The van der Waals surface area contributed by atoms with Crippen molar-refractivity contribution in [2.45, 2.75) is 32.1 Å². The summed E-state index contributed by atoms with van der Waals surface area (Å²) in [6.45, 7) is 4.36. The molecule has 0 fully saturated rings. The van der Waals surface area contributed by atoms with E-state index < -0.39 is 27.3 Å². The van der Waals surface area contributed by atoms with Crippen molar-refractivity contribution < 1.29 is 18.3 Å². The Bertz CT molecular complexity index is 369. The number of sulfonamides is 1. The molecule has 2 atom stereocenters. The van der Waals surface area contributed by atoms with Crippen LogP contribution in [0.25, 0.3) is 0 Å². The summed E-state index contributed by atoms with van der Waals surface area (Å²) in [6.07, 6.45) is 0. The molecule has 0 amide bonds. The summed E-state index contributed by atoms with van der Waals surface area (Å²) in [6, 6.07) is 0.342. The number of carboxylic acid groups (broad SMARTS) is 1. The van der Waals surface area contributed by atoms with Crippen LogP contribution < -0.4 is 4.72 Å². The number of nitriles is 1. The monoisotopic (exact) mass is 234 g/mol. The molecule has 0 aliphatic rings. The molecule has 0 aliphatic heterocycles. The van der Waals surface area contributed by atoms with Gasteiger partial charge in [0.25, 0.3) is 0 Å². The van der Waals surface area contributed by atoms with E-state index in [9.17, 15) is 13.2 Å². The van der Waals surface area contributed by atoms with Crippen molar-refractivity contribution in [1.29, 1.82) is 5.26 Å². The van der Waals surface area contributed by atoms with Crippen LogP contribution in [0.3, 0.4) is 0 Å². The van der Waals surface area contributed by atoms with E-state index in [1.165, 1.54) is 6.92 Å². The summed E-state index contributed by atoms with van der Waals surface area (Å²) in [5.74, 6) is -1.64. The van der Waals surface area contributed by atoms with Crippen LogP contribution in [0.4, 0.5) is 0 Å². The third-order valence-electron chi connectivity index (χ3n) is 1.87. The maximum absolute atomic E-state index is 11.4. The van der Waals surface area contributed by atoms with E-state index in [1.807, 2.05) is 4.72 Å². The van der Waals surface area contributed by atoms with Crippen LogP contribution in [-0.2, 0) is 14.8 Å². The van der Waals surface area contributed by atoms with Crippen LogP contribution in [0.2, 0.25) is 0 Å². The number of carbonyl (C=O) groups is 1. The molecule has 6 nitrogen and oxygen atoms in total. The highest BCUT2D eigenvalue weighted by atomic mass is 32.2. The molecule has 0 bridgehead atoms. The summed E-state index contributed by atoms with van der Waals surface area (Å²) < 4.78 is 24.8. The van der Waals surface area contributed by atoms with Gasteiger partial charge in [0.05, 0.1) is 6.07 Å². The van der Waals surface area contributed by atoms with Crippen molar-refractivity contribution >= 4 is 16.0 Å². The molecule has 0 radical (unpaired) electrons. The first-order valence-electron chi connectivity index (χ1n) is 4.36. The van der Waals surface area contributed by atoms with Gasteiger partial charge in [0.15, 0.2) is 5.25 Å². The zero-order chi connectivity index (χ0) is 12.2. The van der Waals surface area contributed by atoms with Crippen molar-refractivity contribution in [1.82, 2.24) is 4.72 Å². The van der Waals surface area contributed by atoms with E-state index in [-0.39, 0.29) is 5.92 Å². The Morgan fingerprint density at radius 3 is 2.13 bits per heavy atom. The smallest absolute Gasteiger partial charge is 0.321 e. The second-order valence-electron chi connectivity index (χ2n) is 3.49. The van der Waals surface area contributed by atoms with E-state index >= 15 is 0 Å². The molecule has 0 aromatic heterocycles. The maximum Gasteiger partial charge on any atom is 0.321 e. The van der Waals surface area contributed by atoms with E-state index in [1.54, 1.807) is 19.9 Å². The van der Waals surface area contributed by atoms with Gasteiger partial charge in [-0.25, -0.2) is 8.42 Å². The highest BCUT2D eigenvalue weighted by Gasteiger charge is 2.30. The highest BCUT2D eigenvalue weighted by Crippen LogP contribution is 2.06. The molecule has 0 saturated carbocycles. The molecule has 0 aromatic rings. The van der Waals surface area contributed by atoms with Crippen LogP contribution in [0.1, 0.15) is 20.8 Å². The molecule has 0 aliphatic carbocycles. The Balaban J connectivity index is 4.86. The highest BCUT2D eigenvalue weighted by molar-refractivity contribution is 7.90. The van der Waals surface area contributed by atoms with Gasteiger partial charge < -0.3 is 5.11 Å². The van der Waals surface area contributed by atoms with Gasteiger partial charge in [0.1, 0.15) is 6.04 Å². The third-order valence-corrected chi connectivity index (χ3v) is 3.49. The molecule has 0 saturated heterocycles. The molecule has 86 valence electrons. The van der Waals surface area contributed by atoms with Crippen molar-refractivity contribution in [2.75, 3.05) is 0 Å². The number of hydrogen-bond acceptors (Lipinski definition) is 4. The van der Waals surface area contributed by atoms with E-state index in [4.69, 9.17) is 10.4 Å². The van der Waals surface area contributed by atoms with Gasteiger partial charge in [-0.05, 0) is 12.8 Å². The van der Waals surface area contributed by atoms with Crippen LogP contribution >= 0.6 is 0 Å². The standard InChI is InChI=1S/C8H14N2O4S/c1-5(2)7(8(11)12)10-15(13,14)6(3)4-9/h5-7,10H,1-3H3,(H,11,12)/t6?,7-/m1/s1. The quantitative estimate of drug-likeness (QED) is 0.692. The van der Waals surface area contributed by atoms with Crippen LogP contribution in [0.5, 0.6) is 0 Å². The Hall–Kier alpha value is -1.13. The number of nitrogens with zero attached hydrogens (tertiary/aromatic N) is 1. The van der Waals surface area contributed by atoms with E-state index in [0.29, 0.717) is 0 Å². The van der Waals surface area contributed by atoms with E-state index in [2.05, 4.69) is 0 Å². The fourth-order valence-corrected chi connectivity index (χ4v) is 1.89. The topological polar surface area (TPSA) is 107 Å². The minimum absolute atomic E-state index is 0.386. The Morgan fingerprint density at radius 1 is 1.40 bits per heavy atom. The van der Waals surface area contributed by atoms with Gasteiger partial charge in [-0.1, -0.05) is 13.8 Å². The lowest BCUT2D eigenvalue weighted by molar-refractivity contribution is -0.140. The van der Waals surface area contributed by atoms with Crippen LogP contribution in [-0.4, -0.2) is 30.8 Å². The zero-order valence-electron chi connectivity index (χ0n) is 8.76. The summed E-state index contributed by atoms with van der Waals surface area (Å²) >= 11 is 0. The predicted molar refractivity (Wildman–Crippen MR) is 53.4 cm³/mol. The molecule has 7 heteroatoms. The van der Waals surface area contributed by atoms with Gasteiger partial charge in [-0.3, -0.25) is 4.79 Å². The van der Waals surface area contributed by atoms with Gasteiger partial charge in [0.2, 0.25) is 10.0 Å². The average molecular weight is 234 g/mol. The average Bonchev–Trinajstić information content (AvgIpc) is 2.11. The van der Waals surface area contributed by atoms with E-state index in [0.717, 1.165) is 0 Å². The molecule has 0 aromatic carbocycles. The Kier molecular flexibility index (Phi) is 4.71. The van der Waals surface area contributed by atoms with Crippen LogP contribution in [0.15, 0.2) is 0 Å². The fourth-order valence-electron chi connectivity index (χ4n) is 0.820. The third kappa shape index (κ3) is 3.85. The second-order valence-corrected chi connectivity index (χ2v) is 5.53. The minimum atomic E-state index is -3.89. The predicted octanol–water partition coefficient (Wildman–Crippen LogP) is -0.0729. The SMILES string of the molecule is CC(C)[C@@H](NS(=O)(=O)C(C)C#N)C(=O)O. The van der Waals surface area contributed by atoms with Gasteiger partial charge in [-0.15, -0.1) is 0 Å². The number of hydrogen-bond donors (Lipinski definition) is 2. The largest absolute Gasteiger partial charge is 0.480 e. The number of nitrogens with one attached hydrogen (secondary N) is 1. The van der Waals surface area contributed by atoms with Gasteiger partial charge in [0, 0.05) is 0 Å². The molecule has 0 rings (SSSR count). The fraction of sp³-hybridized carbons (Fsp3) is 0.750. The Labute approximate surface area is 89.0 Å². The molecular weight excluding hydrogens is 220 g/mol. The maximum atomic E-state index is 11.4. The van der Waals surface area contributed by atoms with Crippen molar-refractivity contribution in [3.63, 3.8) is 0 Å². The van der Waals surface area contributed by atoms with Gasteiger partial charge in [-0.2, -0.15) is 9.98 Å². The van der Waals surface area contributed by atoms with Gasteiger partial charge >= 0.3 is 5.97 Å². The molecule has 0 heterocycles. The summed E-state index contributed by atoms with van der Waals surface area (Å²) in [5.41, 5.74) is 0. The summed E-state index contributed by atoms with van der Waals surface area (Å²) in [5, 5.41) is 15.9. The lowest BCUT2D eigenvalue weighted by Crippen LogP contribution is -2.46. The number of rotatable bonds is 5. The molecule has 0 spiro atoms. The number of carboxylic acids is 1. The lowest BCUT2D eigenvalue weighted by atomic mass is 10.1. The molecule has 2 N–H and O–H groups in total. The molecule has 15 heavy (non-hydrogen) atoms. The number of aliphatic carboxylic acids is 1. The molecule has 1 unspecified atom stereocenters. The minimum Gasteiger partial charge on any atom is -0.480 e. The first kappa shape index (κ1) is 13.9. The summed E-state index contributed by atoms with van der Waals surface area (Å²) in [7, 11) is -3.89. The van der Waals surface area contributed by atoms with Crippen molar-refractivity contribution in [3.8, 4) is 6.07 Å². The van der Waals surface area contributed by atoms with Crippen LogP contribution in [0, 0.1) is 17.2 Å². The van der Waals surface area contributed by atoms with Crippen molar-refractivity contribution in [3.05, 3.63) is 0 Å². The summed E-state index contributed by atoms with van der Waals surface area (Å²) in [4.78, 5) is 10.7. The molecular formula is C8H14N2O4S.